The van der Waals surface area contributed by atoms with E-state index < -0.39 is 6.04 Å². The van der Waals surface area contributed by atoms with Gasteiger partial charge >= 0.3 is 0 Å². The molecule has 0 bridgehead atoms. The van der Waals surface area contributed by atoms with E-state index in [9.17, 15) is 9.59 Å². The van der Waals surface area contributed by atoms with Crippen LogP contribution < -0.4 is 15.4 Å². The molecule has 0 aliphatic carbocycles. The fourth-order valence-electron chi connectivity index (χ4n) is 4.01. The van der Waals surface area contributed by atoms with Gasteiger partial charge in [-0.3, -0.25) is 9.59 Å². The van der Waals surface area contributed by atoms with Crippen molar-refractivity contribution in [2.75, 3.05) is 0 Å². The highest BCUT2D eigenvalue weighted by molar-refractivity contribution is 6.02. The molecule has 2 aliphatic heterocycles. The molecule has 2 amide bonds. The lowest BCUT2D eigenvalue weighted by atomic mass is 10.0. The van der Waals surface area contributed by atoms with Crippen molar-refractivity contribution in [2.24, 2.45) is 0 Å². The Kier molecular flexibility index (Phi) is 6.09. The maximum atomic E-state index is 13.0. The first kappa shape index (κ1) is 21.1. The Bertz CT molecular complexity index is 998. The SMILES string of the molecule is C=C1CCC(N2Cc3c(OCc4ccc(CNC(C)C)cc4)cccc3C2=O)C(=O)N1. The van der Waals surface area contributed by atoms with Gasteiger partial charge in [-0.05, 0) is 36.1 Å². The van der Waals surface area contributed by atoms with Crippen molar-refractivity contribution in [3.63, 3.8) is 0 Å². The first-order valence-electron chi connectivity index (χ1n) is 10.8. The molecule has 0 aromatic heterocycles. The third-order valence-corrected chi connectivity index (χ3v) is 5.78. The molecule has 2 heterocycles. The number of carbonyl (C=O) groups excluding carboxylic acids is 2. The maximum absolute atomic E-state index is 13.0. The van der Waals surface area contributed by atoms with Gasteiger partial charge in [0, 0.05) is 29.4 Å². The van der Waals surface area contributed by atoms with Crippen LogP contribution in [0.5, 0.6) is 5.75 Å². The molecule has 2 aromatic rings. The number of rotatable bonds is 7. The van der Waals surface area contributed by atoms with Gasteiger partial charge in [0.15, 0.2) is 0 Å². The number of hydrogen-bond donors (Lipinski definition) is 2. The number of piperidine rings is 1. The van der Waals surface area contributed by atoms with E-state index in [1.54, 1.807) is 11.0 Å². The summed E-state index contributed by atoms with van der Waals surface area (Å²) in [7, 11) is 0. The Balaban J connectivity index is 1.43. The number of allylic oxidation sites excluding steroid dienone is 1. The Morgan fingerprint density at radius 1 is 1.16 bits per heavy atom. The molecule has 0 radical (unpaired) electrons. The smallest absolute Gasteiger partial charge is 0.255 e. The molecule has 1 atom stereocenters. The molecular formula is C25H29N3O3. The normalized spacial score (nSPS) is 18.4. The molecular weight excluding hydrogens is 390 g/mol. The summed E-state index contributed by atoms with van der Waals surface area (Å²) in [6, 6.07) is 13.8. The molecule has 0 spiro atoms. The van der Waals surface area contributed by atoms with Crippen LogP contribution in [0.1, 0.15) is 53.7 Å². The molecule has 1 fully saturated rings. The third-order valence-electron chi connectivity index (χ3n) is 5.78. The summed E-state index contributed by atoms with van der Waals surface area (Å²) in [6.45, 7) is 9.72. The number of benzene rings is 2. The molecule has 162 valence electrons. The molecule has 1 unspecified atom stereocenters. The largest absolute Gasteiger partial charge is 0.489 e. The van der Waals surface area contributed by atoms with Gasteiger partial charge in [0.25, 0.3) is 5.91 Å². The average molecular weight is 420 g/mol. The van der Waals surface area contributed by atoms with Gasteiger partial charge in [0.1, 0.15) is 18.4 Å². The van der Waals surface area contributed by atoms with Gasteiger partial charge in [-0.25, -0.2) is 0 Å². The highest BCUT2D eigenvalue weighted by atomic mass is 16.5. The highest BCUT2D eigenvalue weighted by Crippen LogP contribution is 2.34. The van der Waals surface area contributed by atoms with Crippen LogP contribution in [0.25, 0.3) is 0 Å². The lowest BCUT2D eigenvalue weighted by molar-refractivity contribution is -0.126. The van der Waals surface area contributed by atoms with E-state index in [1.165, 1.54) is 5.56 Å². The van der Waals surface area contributed by atoms with Crippen molar-refractivity contribution in [2.45, 2.75) is 58.5 Å². The quantitative estimate of drug-likeness (QED) is 0.721. The molecule has 2 aliphatic rings. The molecule has 31 heavy (non-hydrogen) atoms. The van der Waals surface area contributed by atoms with Gasteiger partial charge in [-0.2, -0.15) is 0 Å². The lowest BCUT2D eigenvalue weighted by Crippen LogP contribution is -2.49. The van der Waals surface area contributed by atoms with Crippen molar-refractivity contribution in [3.8, 4) is 5.75 Å². The number of nitrogens with one attached hydrogen (secondary N) is 2. The molecule has 6 nitrogen and oxygen atoms in total. The van der Waals surface area contributed by atoms with E-state index >= 15 is 0 Å². The van der Waals surface area contributed by atoms with E-state index in [0.29, 0.717) is 49.0 Å². The fraction of sp³-hybridized carbons (Fsp3) is 0.360. The average Bonchev–Trinajstić information content (AvgIpc) is 3.08. The van der Waals surface area contributed by atoms with E-state index in [2.05, 4.69) is 55.3 Å². The van der Waals surface area contributed by atoms with E-state index in [1.807, 2.05) is 12.1 Å². The van der Waals surface area contributed by atoms with Crippen LogP contribution in [-0.4, -0.2) is 28.8 Å². The van der Waals surface area contributed by atoms with Crippen LogP contribution in [0, 0.1) is 0 Å². The highest BCUT2D eigenvalue weighted by Gasteiger charge is 2.39. The summed E-state index contributed by atoms with van der Waals surface area (Å²) in [5.41, 5.74) is 4.47. The lowest BCUT2D eigenvalue weighted by Gasteiger charge is -2.31. The topological polar surface area (TPSA) is 70.7 Å². The summed E-state index contributed by atoms with van der Waals surface area (Å²) in [6.07, 6.45) is 1.28. The monoisotopic (exact) mass is 419 g/mol. The predicted molar refractivity (Wildman–Crippen MR) is 119 cm³/mol. The van der Waals surface area contributed by atoms with E-state index in [4.69, 9.17) is 4.74 Å². The van der Waals surface area contributed by atoms with Gasteiger partial charge in [-0.1, -0.05) is 50.8 Å². The summed E-state index contributed by atoms with van der Waals surface area (Å²) < 4.78 is 6.09. The zero-order valence-electron chi connectivity index (χ0n) is 18.1. The Morgan fingerprint density at radius 3 is 2.61 bits per heavy atom. The number of hydrogen-bond acceptors (Lipinski definition) is 4. The van der Waals surface area contributed by atoms with Crippen LogP contribution >= 0.6 is 0 Å². The minimum Gasteiger partial charge on any atom is -0.489 e. The predicted octanol–water partition coefficient (Wildman–Crippen LogP) is 3.51. The Morgan fingerprint density at radius 2 is 1.90 bits per heavy atom. The zero-order chi connectivity index (χ0) is 22.0. The second kappa shape index (κ2) is 8.94. The summed E-state index contributed by atoms with van der Waals surface area (Å²) in [5, 5.41) is 6.18. The van der Waals surface area contributed by atoms with Crippen LogP contribution in [0.2, 0.25) is 0 Å². The molecule has 2 aromatic carbocycles. The summed E-state index contributed by atoms with van der Waals surface area (Å²) >= 11 is 0. The van der Waals surface area contributed by atoms with E-state index in [0.717, 1.165) is 17.7 Å². The summed E-state index contributed by atoms with van der Waals surface area (Å²) in [5.74, 6) is 0.418. The number of carbonyl (C=O) groups is 2. The summed E-state index contributed by atoms with van der Waals surface area (Å²) in [4.78, 5) is 27.0. The second-order valence-corrected chi connectivity index (χ2v) is 8.50. The van der Waals surface area contributed by atoms with Crippen molar-refractivity contribution in [1.29, 1.82) is 0 Å². The first-order chi connectivity index (χ1) is 14.9. The van der Waals surface area contributed by atoms with Crippen molar-refractivity contribution < 1.29 is 14.3 Å². The second-order valence-electron chi connectivity index (χ2n) is 8.50. The first-order valence-corrected chi connectivity index (χ1v) is 10.8. The molecule has 2 N–H and O–H groups in total. The van der Waals surface area contributed by atoms with E-state index in [-0.39, 0.29) is 11.8 Å². The molecule has 6 heteroatoms. The van der Waals surface area contributed by atoms with Crippen molar-refractivity contribution in [1.82, 2.24) is 15.5 Å². The van der Waals surface area contributed by atoms with Crippen LogP contribution in [-0.2, 0) is 24.5 Å². The van der Waals surface area contributed by atoms with Crippen molar-refractivity contribution >= 4 is 11.8 Å². The fourth-order valence-corrected chi connectivity index (χ4v) is 4.01. The minimum absolute atomic E-state index is 0.116. The maximum Gasteiger partial charge on any atom is 0.255 e. The standard InChI is InChI=1S/C25H29N3O3/c1-16(2)26-13-18-8-10-19(11-9-18)15-31-23-6-4-5-20-21(23)14-28(25(20)30)22-12-7-17(3)27-24(22)29/h4-6,8-11,16,22,26H,3,7,12-15H2,1-2H3,(H,27,29). The van der Waals surface area contributed by atoms with Gasteiger partial charge in [0.2, 0.25) is 5.91 Å². The Labute approximate surface area is 183 Å². The molecule has 1 saturated heterocycles. The number of ether oxygens (including phenoxy) is 1. The van der Waals surface area contributed by atoms with Gasteiger partial charge in [0.05, 0.1) is 6.54 Å². The van der Waals surface area contributed by atoms with Crippen LogP contribution in [0.15, 0.2) is 54.7 Å². The van der Waals surface area contributed by atoms with Crippen LogP contribution in [0.4, 0.5) is 0 Å². The molecule has 0 saturated carbocycles. The minimum atomic E-state index is -0.467. The zero-order valence-corrected chi connectivity index (χ0v) is 18.1. The number of amides is 2. The number of fused-ring (bicyclic) bond motifs is 1. The van der Waals surface area contributed by atoms with Gasteiger partial charge in [-0.15, -0.1) is 0 Å². The number of nitrogens with zero attached hydrogens (tertiary/aromatic N) is 1. The Hall–Kier alpha value is -3.12. The third kappa shape index (κ3) is 4.64. The van der Waals surface area contributed by atoms with Crippen LogP contribution in [0.3, 0.4) is 0 Å². The van der Waals surface area contributed by atoms with Crippen molar-refractivity contribution in [3.05, 3.63) is 77.0 Å². The molecule has 4 rings (SSSR count). The van der Waals surface area contributed by atoms with Gasteiger partial charge < -0.3 is 20.3 Å².